The van der Waals surface area contributed by atoms with E-state index in [0.717, 1.165) is 5.76 Å². The van der Waals surface area contributed by atoms with Gasteiger partial charge in [-0.15, -0.1) is 0 Å². The maximum atomic E-state index is 6.02. The van der Waals surface area contributed by atoms with E-state index in [2.05, 4.69) is 33.9 Å². The Hall–Kier alpha value is -0.833. The molecule has 1 rings (SSSR count). The van der Waals surface area contributed by atoms with Gasteiger partial charge in [0.2, 0.25) is 5.76 Å². The number of aryl methyl sites for hydroxylation is 1. The zero-order chi connectivity index (χ0) is 11.7. The van der Waals surface area contributed by atoms with E-state index in [1.54, 1.807) is 0 Å². The molecule has 0 spiro atoms. The van der Waals surface area contributed by atoms with Crippen LogP contribution in [-0.4, -0.2) is 8.32 Å². The molecule has 84 valence electrons. The van der Waals surface area contributed by atoms with Gasteiger partial charge in [-0.1, -0.05) is 20.8 Å². The smallest absolute Gasteiger partial charge is 0.407 e. The van der Waals surface area contributed by atoms with Crippen LogP contribution in [0.5, 0.6) is 5.95 Å². The van der Waals surface area contributed by atoms with E-state index in [9.17, 15) is 0 Å². The van der Waals surface area contributed by atoms with E-state index in [1.807, 2.05) is 25.1 Å². The van der Waals surface area contributed by atoms with Gasteiger partial charge >= 0.3 is 14.3 Å². The molecule has 2 nitrogen and oxygen atoms in total. The van der Waals surface area contributed by atoms with Crippen LogP contribution in [0.1, 0.15) is 26.5 Å². The molecule has 0 aliphatic rings. The molecule has 0 amide bonds. The molecule has 0 N–H and O–H groups in total. The van der Waals surface area contributed by atoms with Crippen molar-refractivity contribution in [3.05, 3.63) is 24.0 Å². The summed E-state index contributed by atoms with van der Waals surface area (Å²) in [5.41, 5.74) is 0. The van der Waals surface area contributed by atoms with Crippen molar-refractivity contribution in [2.45, 2.75) is 45.8 Å². The molecule has 0 bridgehead atoms. The summed E-state index contributed by atoms with van der Waals surface area (Å²) in [7, 11) is -1.76. The Morgan fingerprint density at radius 3 is 2.27 bits per heavy atom. The maximum absolute atomic E-state index is 6.02. The van der Waals surface area contributed by atoms with Crippen LogP contribution in [0.4, 0.5) is 0 Å². The fraction of sp³-hybridized carbons (Fsp3) is 0.583. The Kier molecular flexibility index (Phi) is 3.24. The molecule has 0 unspecified atom stereocenters. The minimum atomic E-state index is -1.76. The summed E-state index contributed by atoms with van der Waals surface area (Å²) in [6.07, 6.45) is 0. The Morgan fingerprint density at radius 2 is 1.80 bits per heavy atom. The second-order valence-electron chi connectivity index (χ2n) is 5.42. The molecular formula is C12H21O2Si+. The lowest BCUT2D eigenvalue weighted by molar-refractivity contribution is 0.346. The van der Waals surface area contributed by atoms with Gasteiger partial charge in [-0.25, -0.2) is 0 Å². The van der Waals surface area contributed by atoms with Crippen LogP contribution in [0.3, 0.4) is 0 Å². The van der Waals surface area contributed by atoms with Crippen molar-refractivity contribution in [2.75, 3.05) is 0 Å². The summed E-state index contributed by atoms with van der Waals surface area (Å²) in [6, 6.07) is 5.77. The summed E-state index contributed by atoms with van der Waals surface area (Å²) in [5, 5.41) is 0.201. The first kappa shape index (κ1) is 12.2. The summed E-state index contributed by atoms with van der Waals surface area (Å²) in [5.74, 6) is 1.52. The van der Waals surface area contributed by atoms with Crippen LogP contribution in [0, 0.1) is 6.92 Å². The summed E-state index contributed by atoms with van der Waals surface area (Å²) in [4.78, 5) is 0. The van der Waals surface area contributed by atoms with Crippen molar-refractivity contribution >= 4 is 8.32 Å². The molecular weight excluding hydrogens is 204 g/mol. The van der Waals surface area contributed by atoms with Gasteiger partial charge in [0.15, 0.2) is 0 Å². The predicted octanol–water partition coefficient (Wildman–Crippen LogP) is 4.25. The van der Waals surface area contributed by atoms with E-state index in [-0.39, 0.29) is 5.04 Å². The molecule has 15 heavy (non-hydrogen) atoms. The van der Waals surface area contributed by atoms with Crippen LogP contribution < -0.4 is 4.43 Å². The first-order valence-corrected chi connectivity index (χ1v) is 8.22. The van der Waals surface area contributed by atoms with Gasteiger partial charge in [0, 0.05) is 18.0 Å². The average Bonchev–Trinajstić information content (AvgIpc) is 2.00. The van der Waals surface area contributed by atoms with E-state index >= 15 is 0 Å². The third kappa shape index (κ3) is 3.06. The standard InChI is InChI=1S/C12H21O2Si/c1-10-8-7-9-11(13-10)14-15(5,6)12(2,3)4/h7-9H,1-6H3/q+1. The van der Waals surface area contributed by atoms with Crippen molar-refractivity contribution < 1.29 is 8.84 Å². The summed E-state index contributed by atoms with van der Waals surface area (Å²) >= 11 is 0. The molecule has 1 heterocycles. The van der Waals surface area contributed by atoms with Gasteiger partial charge in [-0.2, -0.15) is 0 Å². The molecule has 0 atom stereocenters. The van der Waals surface area contributed by atoms with Crippen molar-refractivity contribution in [2.24, 2.45) is 0 Å². The van der Waals surface area contributed by atoms with Crippen LogP contribution >= 0.6 is 0 Å². The highest BCUT2D eigenvalue weighted by Crippen LogP contribution is 2.37. The van der Waals surface area contributed by atoms with Crippen molar-refractivity contribution in [3.8, 4) is 5.95 Å². The lowest BCUT2D eigenvalue weighted by Gasteiger charge is -2.28. The first-order chi connectivity index (χ1) is 6.72. The van der Waals surface area contributed by atoms with E-state index in [4.69, 9.17) is 8.84 Å². The van der Waals surface area contributed by atoms with E-state index in [1.165, 1.54) is 0 Å². The van der Waals surface area contributed by atoms with Gasteiger partial charge in [-0.3, -0.25) is 4.42 Å². The molecule has 0 aromatic carbocycles. The highest BCUT2D eigenvalue weighted by molar-refractivity contribution is 6.74. The summed E-state index contributed by atoms with van der Waals surface area (Å²) in [6.45, 7) is 13.0. The van der Waals surface area contributed by atoms with E-state index in [0.29, 0.717) is 5.95 Å². The average molecular weight is 225 g/mol. The lowest BCUT2D eigenvalue weighted by atomic mass is 10.2. The number of rotatable bonds is 2. The fourth-order valence-corrected chi connectivity index (χ4v) is 1.87. The molecule has 0 saturated carbocycles. The normalized spacial score (nSPS) is 12.7. The second kappa shape index (κ2) is 3.97. The van der Waals surface area contributed by atoms with Gasteiger partial charge < -0.3 is 4.43 Å². The van der Waals surface area contributed by atoms with Crippen LogP contribution in [0.15, 0.2) is 22.6 Å². The van der Waals surface area contributed by atoms with Gasteiger partial charge in [0.05, 0.1) is 6.07 Å². The zero-order valence-electron chi connectivity index (χ0n) is 10.5. The minimum absolute atomic E-state index is 0.201. The third-order valence-electron chi connectivity index (χ3n) is 2.99. The molecule has 3 heteroatoms. The van der Waals surface area contributed by atoms with Gasteiger partial charge in [-0.05, 0) is 19.2 Å². The van der Waals surface area contributed by atoms with Gasteiger partial charge in [0.1, 0.15) is 0 Å². The largest absolute Gasteiger partial charge is 0.495 e. The highest BCUT2D eigenvalue weighted by atomic mass is 28.4. The Balaban J connectivity index is 2.87. The molecule has 1 aromatic rings. The Bertz CT molecular complexity index is 340. The summed E-state index contributed by atoms with van der Waals surface area (Å²) < 4.78 is 11.5. The Morgan fingerprint density at radius 1 is 1.20 bits per heavy atom. The quantitative estimate of drug-likeness (QED) is 0.554. The van der Waals surface area contributed by atoms with Crippen LogP contribution in [0.25, 0.3) is 0 Å². The molecule has 1 aromatic heterocycles. The third-order valence-corrected chi connectivity index (χ3v) is 7.31. The first-order valence-electron chi connectivity index (χ1n) is 5.31. The topological polar surface area (TPSA) is 20.5 Å². The van der Waals surface area contributed by atoms with Gasteiger partial charge in [0.25, 0.3) is 0 Å². The molecule has 0 saturated heterocycles. The molecule has 0 aliphatic carbocycles. The highest BCUT2D eigenvalue weighted by Gasteiger charge is 2.47. The van der Waals surface area contributed by atoms with Crippen molar-refractivity contribution in [1.82, 2.24) is 0 Å². The second-order valence-corrected chi connectivity index (χ2v) is 10.1. The SMILES string of the molecule is Cc1cccc(O[Si](C)(C)C(C)(C)C)[o+]1. The molecule has 0 radical (unpaired) electrons. The zero-order valence-corrected chi connectivity index (χ0v) is 11.5. The fourth-order valence-electron chi connectivity index (χ4n) is 0.948. The van der Waals surface area contributed by atoms with E-state index < -0.39 is 8.32 Å². The number of hydrogen-bond donors (Lipinski definition) is 0. The van der Waals surface area contributed by atoms with Crippen LogP contribution in [0.2, 0.25) is 18.1 Å². The van der Waals surface area contributed by atoms with Crippen molar-refractivity contribution in [3.63, 3.8) is 0 Å². The Labute approximate surface area is 93.4 Å². The lowest BCUT2D eigenvalue weighted by Crippen LogP contribution is -2.43. The predicted molar refractivity (Wildman–Crippen MR) is 65.7 cm³/mol. The monoisotopic (exact) mass is 225 g/mol. The molecule has 0 aliphatic heterocycles. The molecule has 0 fully saturated rings. The van der Waals surface area contributed by atoms with Crippen LogP contribution in [-0.2, 0) is 0 Å². The number of hydrogen-bond acceptors (Lipinski definition) is 1. The van der Waals surface area contributed by atoms with Crippen molar-refractivity contribution in [1.29, 1.82) is 0 Å². The maximum Gasteiger partial charge on any atom is 0.495 e. The minimum Gasteiger partial charge on any atom is -0.407 e.